The molecule has 0 aliphatic rings. The molecule has 0 aromatic heterocycles. The second-order valence-corrected chi connectivity index (χ2v) is 9.18. The molecule has 0 unspecified atom stereocenters. The van der Waals surface area contributed by atoms with Crippen LogP contribution < -0.4 is 9.50 Å². The molecule has 2 amide bonds. The van der Waals surface area contributed by atoms with Gasteiger partial charge in [-0.15, -0.1) is 0 Å². The Hall–Kier alpha value is -2.75. The highest BCUT2D eigenvalue weighted by Crippen LogP contribution is 2.34. The number of benzene rings is 2. The van der Waals surface area contributed by atoms with E-state index in [2.05, 4.69) is 5.32 Å². The van der Waals surface area contributed by atoms with E-state index in [0.717, 1.165) is 6.07 Å². The van der Waals surface area contributed by atoms with Gasteiger partial charge in [-0.3, -0.25) is 0 Å². The number of hydrogen-bond acceptors (Lipinski definition) is 4. The maximum absolute atomic E-state index is 13.2. The van der Waals surface area contributed by atoms with Crippen LogP contribution in [-0.4, -0.2) is 31.6 Å². The molecule has 10 heteroatoms. The second-order valence-electron chi connectivity index (χ2n) is 7.32. The van der Waals surface area contributed by atoms with Gasteiger partial charge in [-0.25, -0.2) is 4.79 Å². The molecule has 6 nitrogen and oxygen atoms in total. The molecule has 0 saturated heterocycles. The minimum atomic E-state index is -4.60. The van der Waals surface area contributed by atoms with Crippen molar-refractivity contribution in [1.82, 2.24) is 4.90 Å². The maximum Gasteiger partial charge on any atom is 0.418 e. The fraction of sp³-hybridized carbons (Fsp3) is 0.381. The highest BCUT2D eigenvalue weighted by Gasteiger charge is 2.34. The minimum absolute atomic E-state index is 0.0703. The van der Waals surface area contributed by atoms with Gasteiger partial charge in [-0.05, 0) is 42.7 Å². The Morgan fingerprint density at radius 1 is 1.10 bits per heavy atom. The van der Waals surface area contributed by atoms with Gasteiger partial charge in [0.2, 0.25) is 0 Å². The first-order valence-corrected chi connectivity index (χ1v) is 11.2. The van der Waals surface area contributed by atoms with Crippen LogP contribution in [0.25, 0.3) is 0 Å². The molecule has 31 heavy (non-hydrogen) atoms. The number of para-hydroxylation sites is 1. The predicted molar refractivity (Wildman–Crippen MR) is 112 cm³/mol. The molecular weight excluding hydrogens is 433 g/mol. The standard InChI is InChI=1S/C21H25F3N2O4S/c1-4-31(28,29)30-17-11-9-16(10-12-17)14-26(13-15(2)3)20(27)25-19-8-6-5-7-18(19)21(22,23)24/h5-12,15H,4,13-14H2,1-3H3,(H,25,27). The van der Waals surface area contributed by atoms with E-state index in [1.54, 1.807) is 12.1 Å². The molecule has 0 fully saturated rings. The first-order chi connectivity index (χ1) is 14.4. The highest BCUT2D eigenvalue weighted by molar-refractivity contribution is 7.87. The summed E-state index contributed by atoms with van der Waals surface area (Å²) in [4.78, 5) is 14.2. The maximum atomic E-state index is 13.2. The molecule has 0 bridgehead atoms. The molecule has 0 radical (unpaired) electrons. The molecule has 2 rings (SSSR count). The van der Waals surface area contributed by atoms with Crippen LogP contribution in [0, 0.1) is 5.92 Å². The Balaban J connectivity index is 2.18. The summed E-state index contributed by atoms with van der Waals surface area (Å²) >= 11 is 0. The summed E-state index contributed by atoms with van der Waals surface area (Å²) in [5, 5.41) is 2.36. The van der Waals surface area contributed by atoms with Gasteiger partial charge in [0.15, 0.2) is 0 Å². The zero-order valence-electron chi connectivity index (χ0n) is 17.4. The lowest BCUT2D eigenvalue weighted by molar-refractivity contribution is -0.136. The van der Waals surface area contributed by atoms with Crippen molar-refractivity contribution < 1.29 is 30.6 Å². The number of rotatable bonds is 8. The summed E-state index contributed by atoms with van der Waals surface area (Å²) in [7, 11) is -3.65. The average Bonchev–Trinajstić information content (AvgIpc) is 2.68. The van der Waals surface area contributed by atoms with Crippen LogP contribution in [0.1, 0.15) is 31.9 Å². The summed E-state index contributed by atoms with van der Waals surface area (Å²) in [5.41, 5.74) is -0.574. The highest BCUT2D eigenvalue weighted by atomic mass is 32.2. The van der Waals surface area contributed by atoms with Gasteiger partial charge in [-0.2, -0.15) is 21.6 Å². The van der Waals surface area contributed by atoms with E-state index in [1.807, 2.05) is 13.8 Å². The molecule has 0 aliphatic carbocycles. The van der Waals surface area contributed by atoms with Crippen LogP contribution in [0.15, 0.2) is 48.5 Å². The number of nitrogens with zero attached hydrogens (tertiary/aromatic N) is 1. The van der Waals surface area contributed by atoms with Crippen molar-refractivity contribution in [2.45, 2.75) is 33.5 Å². The Morgan fingerprint density at radius 2 is 1.71 bits per heavy atom. The van der Waals surface area contributed by atoms with Crippen molar-refractivity contribution in [2.75, 3.05) is 17.6 Å². The molecule has 0 heterocycles. The normalized spacial score (nSPS) is 12.0. The van der Waals surface area contributed by atoms with Crippen molar-refractivity contribution in [3.05, 3.63) is 59.7 Å². The third-order valence-corrected chi connectivity index (χ3v) is 5.37. The van der Waals surface area contributed by atoms with Crippen molar-refractivity contribution in [3.63, 3.8) is 0 Å². The molecule has 0 saturated carbocycles. The van der Waals surface area contributed by atoms with Crippen LogP contribution in [-0.2, 0) is 22.8 Å². The SMILES string of the molecule is CCS(=O)(=O)Oc1ccc(CN(CC(C)C)C(=O)Nc2ccccc2C(F)(F)F)cc1. The first-order valence-electron chi connectivity index (χ1n) is 9.64. The summed E-state index contributed by atoms with van der Waals surface area (Å²) in [6, 6.07) is 10.3. The summed E-state index contributed by atoms with van der Waals surface area (Å²) in [5.74, 6) is 0.0433. The van der Waals surface area contributed by atoms with E-state index in [-0.39, 0.29) is 29.7 Å². The van der Waals surface area contributed by atoms with Crippen LogP contribution in [0.2, 0.25) is 0 Å². The van der Waals surface area contributed by atoms with E-state index >= 15 is 0 Å². The van der Waals surface area contributed by atoms with Crippen LogP contribution in [0.5, 0.6) is 5.75 Å². The van der Waals surface area contributed by atoms with Crippen molar-refractivity contribution in [3.8, 4) is 5.75 Å². The lowest BCUT2D eigenvalue weighted by Crippen LogP contribution is -2.37. The number of carbonyl (C=O) groups excluding carboxylic acids is 1. The van der Waals surface area contributed by atoms with Gasteiger partial charge in [0.1, 0.15) is 5.75 Å². The first kappa shape index (κ1) is 24.5. The Morgan fingerprint density at radius 3 is 2.26 bits per heavy atom. The average molecular weight is 459 g/mol. The summed E-state index contributed by atoms with van der Waals surface area (Å²) < 4.78 is 67.7. The summed E-state index contributed by atoms with van der Waals surface area (Å²) in [6.45, 7) is 5.66. The number of anilines is 1. The number of hydrogen-bond donors (Lipinski definition) is 1. The number of nitrogens with one attached hydrogen (secondary N) is 1. The Bertz CT molecular complexity index is 990. The van der Waals surface area contributed by atoms with Crippen LogP contribution in [0.3, 0.4) is 0 Å². The molecule has 0 spiro atoms. The van der Waals surface area contributed by atoms with Gasteiger partial charge in [0.25, 0.3) is 0 Å². The van der Waals surface area contributed by atoms with Crippen molar-refractivity contribution in [1.29, 1.82) is 0 Å². The van der Waals surface area contributed by atoms with Crippen molar-refractivity contribution in [2.24, 2.45) is 5.92 Å². The lowest BCUT2D eigenvalue weighted by Gasteiger charge is -2.26. The zero-order valence-corrected chi connectivity index (χ0v) is 18.3. The number of amides is 2. The van der Waals surface area contributed by atoms with E-state index < -0.39 is 27.9 Å². The van der Waals surface area contributed by atoms with Gasteiger partial charge >= 0.3 is 22.3 Å². The fourth-order valence-corrected chi connectivity index (χ4v) is 3.29. The number of halogens is 3. The van der Waals surface area contributed by atoms with E-state index in [0.29, 0.717) is 12.1 Å². The smallest absolute Gasteiger partial charge is 0.382 e. The predicted octanol–water partition coefficient (Wildman–Crippen LogP) is 5.12. The van der Waals surface area contributed by atoms with E-state index in [9.17, 15) is 26.4 Å². The zero-order chi connectivity index (χ0) is 23.2. The summed E-state index contributed by atoms with van der Waals surface area (Å²) in [6.07, 6.45) is -4.60. The van der Waals surface area contributed by atoms with E-state index in [4.69, 9.17) is 4.18 Å². The Labute approximate surface area is 180 Å². The molecular formula is C21H25F3N2O4S. The monoisotopic (exact) mass is 458 g/mol. The van der Waals surface area contributed by atoms with Gasteiger partial charge < -0.3 is 14.4 Å². The molecule has 170 valence electrons. The van der Waals surface area contributed by atoms with Crippen LogP contribution in [0.4, 0.5) is 23.7 Å². The molecule has 1 N–H and O–H groups in total. The molecule has 2 aromatic rings. The van der Waals surface area contributed by atoms with Gasteiger partial charge in [-0.1, -0.05) is 38.1 Å². The minimum Gasteiger partial charge on any atom is -0.382 e. The largest absolute Gasteiger partial charge is 0.418 e. The van der Waals surface area contributed by atoms with Gasteiger partial charge in [0.05, 0.1) is 17.0 Å². The molecule has 0 atom stereocenters. The quantitative estimate of drug-likeness (QED) is 0.557. The Kier molecular flexibility index (Phi) is 7.94. The third-order valence-electron chi connectivity index (χ3n) is 4.22. The van der Waals surface area contributed by atoms with Gasteiger partial charge in [0, 0.05) is 13.1 Å². The fourth-order valence-electron chi connectivity index (χ4n) is 2.77. The van der Waals surface area contributed by atoms with Crippen LogP contribution >= 0.6 is 0 Å². The van der Waals surface area contributed by atoms with Crippen molar-refractivity contribution >= 4 is 21.8 Å². The number of alkyl halides is 3. The molecule has 2 aromatic carbocycles. The second kappa shape index (κ2) is 10.0. The topological polar surface area (TPSA) is 75.7 Å². The number of carbonyl (C=O) groups is 1. The van der Waals surface area contributed by atoms with E-state index in [1.165, 1.54) is 42.2 Å². The number of urea groups is 1. The molecule has 0 aliphatic heterocycles. The lowest BCUT2D eigenvalue weighted by atomic mass is 10.1. The third kappa shape index (κ3) is 7.46.